The molecule has 2 N–H and O–H groups in total. The van der Waals surface area contributed by atoms with Gasteiger partial charge in [0.25, 0.3) is 0 Å². The Morgan fingerprint density at radius 3 is 2.70 bits per heavy atom. The van der Waals surface area contributed by atoms with Crippen molar-refractivity contribution in [2.45, 2.75) is 32.7 Å². The summed E-state index contributed by atoms with van der Waals surface area (Å²) in [6.07, 6.45) is 2.69. The normalized spacial score (nSPS) is 20.7. The van der Waals surface area contributed by atoms with Gasteiger partial charge in [0.1, 0.15) is 0 Å². The van der Waals surface area contributed by atoms with Gasteiger partial charge in [-0.1, -0.05) is 0 Å². The van der Waals surface area contributed by atoms with Crippen LogP contribution in [0.5, 0.6) is 0 Å². The lowest BCUT2D eigenvalue weighted by Crippen LogP contribution is -2.44. The van der Waals surface area contributed by atoms with E-state index in [1.54, 1.807) is 0 Å². The molecule has 0 aromatic rings. The molecule has 0 amide bonds. The van der Waals surface area contributed by atoms with Crippen molar-refractivity contribution < 1.29 is 9.47 Å². The summed E-state index contributed by atoms with van der Waals surface area (Å²) in [5, 5.41) is 6.64. The molecule has 136 valence electrons. The average Bonchev–Trinajstić information content (AvgIpc) is 3.37. The van der Waals surface area contributed by atoms with Crippen molar-refractivity contribution in [2.75, 3.05) is 59.2 Å². The molecular formula is C16H33IN4O2. The molecular weight excluding hydrogens is 407 g/mol. The number of nitrogens with one attached hydrogen (secondary N) is 2. The van der Waals surface area contributed by atoms with Gasteiger partial charge in [-0.3, -0.25) is 9.89 Å². The fourth-order valence-corrected chi connectivity index (χ4v) is 2.47. The molecule has 1 heterocycles. The Hall–Kier alpha value is -0.120. The minimum absolute atomic E-state index is 0. The zero-order valence-corrected chi connectivity index (χ0v) is 16.9. The van der Waals surface area contributed by atoms with Crippen LogP contribution in [-0.4, -0.2) is 76.1 Å². The molecule has 23 heavy (non-hydrogen) atoms. The number of hydrogen-bond acceptors (Lipinski definition) is 4. The van der Waals surface area contributed by atoms with E-state index in [9.17, 15) is 0 Å². The number of aliphatic imine (C=N–C) groups is 1. The largest absolute Gasteiger partial charge is 0.379 e. The van der Waals surface area contributed by atoms with Gasteiger partial charge >= 0.3 is 0 Å². The quantitative estimate of drug-likeness (QED) is 0.245. The second kappa shape index (κ2) is 12.3. The van der Waals surface area contributed by atoms with Gasteiger partial charge in [0.2, 0.25) is 0 Å². The van der Waals surface area contributed by atoms with Crippen molar-refractivity contribution in [1.82, 2.24) is 15.5 Å². The Balaban J connectivity index is 0.00000264. The molecule has 1 saturated carbocycles. The molecule has 1 aliphatic heterocycles. The molecule has 1 aliphatic carbocycles. The fourth-order valence-electron chi connectivity index (χ4n) is 2.47. The topological polar surface area (TPSA) is 58.1 Å². The summed E-state index contributed by atoms with van der Waals surface area (Å²) >= 11 is 0. The lowest BCUT2D eigenvalue weighted by molar-refractivity contribution is 0.0220. The number of nitrogens with zero attached hydrogens (tertiary/aromatic N) is 2. The maximum atomic E-state index is 5.64. The Morgan fingerprint density at radius 2 is 2.04 bits per heavy atom. The number of hydrogen-bond donors (Lipinski definition) is 2. The average molecular weight is 440 g/mol. The highest BCUT2D eigenvalue weighted by atomic mass is 127. The van der Waals surface area contributed by atoms with E-state index in [1.165, 1.54) is 12.8 Å². The van der Waals surface area contributed by atoms with Gasteiger partial charge in [0.15, 0.2) is 5.96 Å². The third-order valence-corrected chi connectivity index (χ3v) is 4.12. The predicted octanol–water partition coefficient (Wildman–Crippen LogP) is 1.31. The summed E-state index contributed by atoms with van der Waals surface area (Å²) < 4.78 is 11.0. The maximum absolute atomic E-state index is 5.64. The summed E-state index contributed by atoms with van der Waals surface area (Å²) in [6.45, 7) is 12.2. The minimum atomic E-state index is 0. The van der Waals surface area contributed by atoms with Crippen LogP contribution in [0.1, 0.15) is 26.7 Å². The second-order valence-corrected chi connectivity index (χ2v) is 6.16. The Bertz CT molecular complexity index is 334. The molecule has 2 fully saturated rings. The van der Waals surface area contributed by atoms with E-state index in [1.807, 2.05) is 0 Å². The first kappa shape index (κ1) is 20.9. The highest BCUT2D eigenvalue weighted by Crippen LogP contribution is 2.28. The first-order valence-electron chi connectivity index (χ1n) is 8.71. The molecule has 1 unspecified atom stereocenters. The van der Waals surface area contributed by atoms with Gasteiger partial charge < -0.3 is 20.1 Å². The monoisotopic (exact) mass is 440 g/mol. The van der Waals surface area contributed by atoms with Crippen LogP contribution in [0, 0.1) is 5.92 Å². The molecule has 2 aliphatic rings. The van der Waals surface area contributed by atoms with Crippen LogP contribution in [0.3, 0.4) is 0 Å². The molecule has 1 saturated heterocycles. The minimum Gasteiger partial charge on any atom is -0.379 e. The predicted molar refractivity (Wildman–Crippen MR) is 105 cm³/mol. The van der Waals surface area contributed by atoms with Gasteiger partial charge in [0, 0.05) is 38.8 Å². The van der Waals surface area contributed by atoms with Crippen LogP contribution in [0.15, 0.2) is 4.99 Å². The zero-order valence-electron chi connectivity index (χ0n) is 14.6. The standard InChI is InChI=1S/C16H32N4O2.HI/c1-3-17-16(18-6-9-22-13-15-4-5-15)19-12-14(2)20-7-10-21-11-8-20;/h14-15H,3-13H2,1-2H3,(H2,17,18,19);1H. The van der Waals surface area contributed by atoms with Gasteiger partial charge in [-0.2, -0.15) is 0 Å². The third kappa shape index (κ3) is 9.07. The van der Waals surface area contributed by atoms with Crippen LogP contribution >= 0.6 is 24.0 Å². The van der Waals surface area contributed by atoms with Crippen LogP contribution in [0.25, 0.3) is 0 Å². The SMILES string of the molecule is CCNC(=NCC(C)N1CCOCC1)NCCOCC1CC1.I. The fraction of sp³-hybridized carbons (Fsp3) is 0.938. The lowest BCUT2D eigenvalue weighted by atomic mass is 10.2. The summed E-state index contributed by atoms with van der Waals surface area (Å²) in [4.78, 5) is 7.13. The number of morpholine rings is 1. The lowest BCUT2D eigenvalue weighted by Gasteiger charge is -2.31. The van der Waals surface area contributed by atoms with E-state index in [-0.39, 0.29) is 24.0 Å². The van der Waals surface area contributed by atoms with E-state index in [4.69, 9.17) is 14.5 Å². The molecule has 2 rings (SSSR count). The summed E-state index contributed by atoms with van der Waals surface area (Å²) in [5.41, 5.74) is 0. The Kier molecular flexibility index (Phi) is 11.2. The van der Waals surface area contributed by atoms with Gasteiger partial charge in [-0.05, 0) is 32.6 Å². The number of ether oxygens (including phenoxy) is 2. The van der Waals surface area contributed by atoms with Crippen molar-refractivity contribution in [3.63, 3.8) is 0 Å². The number of guanidine groups is 1. The van der Waals surface area contributed by atoms with Crippen molar-refractivity contribution >= 4 is 29.9 Å². The van der Waals surface area contributed by atoms with Crippen LogP contribution in [0.4, 0.5) is 0 Å². The summed E-state index contributed by atoms with van der Waals surface area (Å²) in [6, 6.07) is 0.450. The maximum Gasteiger partial charge on any atom is 0.191 e. The molecule has 6 nitrogen and oxygen atoms in total. The second-order valence-electron chi connectivity index (χ2n) is 6.16. The zero-order chi connectivity index (χ0) is 15.6. The van der Waals surface area contributed by atoms with Gasteiger partial charge in [-0.15, -0.1) is 24.0 Å². The van der Waals surface area contributed by atoms with Crippen LogP contribution in [0.2, 0.25) is 0 Å². The van der Waals surface area contributed by atoms with Crippen molar-refractivity contribution in [3.05, 3.63) is 0 Å². The van der Waals surface area contributed by atoms with E-state index in [0.29, 0.717) is 6.04 Å². The van der Waals surface area contributed by atoms with Crippen LogP contribution < -0.4 is 10.6 Å². The first-order chi connectivity index (χ1) is 10.8. The van der Waals surface area contributed by atoms with E-state index in [0.717, 1.165) is 71.0 Å². The van der Waals surface area contributed by atoms with E-state index >= 15 is 0 Å². The Morgan fingerprint density at radius 1 is 1.30 bits per heavy atom. The van der Waals surface area contributed by atoms with Crippen LogP contribution in [-0.2, 0) is 9.47 Å². The molecule has 0 spiro atoms. The molecule has 7 heteroatoms. The highest BCUT2D eigenvalue weighted by molar-refractivity contribution is 14.0. The number of halogens is 1. The van der Waals surface area contributed by atoms with E-state index < -0.39 is 0 Å². The molecule has 1 atom stereocenters. The van der Waals surface area contributed by atoms with E-state index in [2.05, 4.69) is 29.4 Å². The van der Waals surface area contributed by atoms with Gasteiger partial charge in [0.05, 0.1) is 26.4 Å². The molecule has 0 aromatic carbocycles. The highest BCUT2D eigenvalue weighted by Gasteiger charge is 2.20. The molecule has 0 radical (unpaired) electrons. The van der Waals surface area contributed by atoms with Crippen molar-refractivity contribution in [2.24, 2.45) is 10.9 Å². The smallest absolute Gasteiger partial charge is 0.191 e. The summed E-state index contributed by atoms with van der Waals surface area (Å²) in [7, 11) is 0. The van der Waals surface area contributed by atoms with Gasteiger partial charge in [-0.25, -0.2) is 0 Å². The first-order valence-corrected chi connectivity index (χ1v) is 8.71. The Labute approximate surface area is 157 Å². The third-order valence-electron chi connectivity index (χ3n) is 4.12. The van der Waals surface area contributed by atoms with Crippen molar-refractivity contribution in [1.29, 1.82) is 0 Å². The number of rotatable bonds is 9. The summed E-state index contributed by atoms with van der Waals surface area (Å²) in [5.74, 6) is 1.72. The molecule has 0 aromatic heterocycles. The van der Waals surface area contributed by atoms with Crippen molar-refractivity contribution in [3.8, 4) is 0 Å². The molecule has 0 bridgehead atoms.